The van der Waals surface area contributed by atoms with Gasteiger partial charge in [-0.25, -0.2) is 0 Å². The number of benzene rings is 1. The Hall–Kier alpha value is -0.620. The molecule has 0 amide bonds. The predicted octanol–water partition coefficient (Wildman–Crippen LogP) is 3.45. The van der Waals surface area contributed by atoms with Crippen molar-refractivity contribution in [3.05, 3.63) is 34.3 Å². The Kier molecular flexibility index (Phi) is 4.79. The summed E-state index contributed by atoms with van der Waals surface area (Å²) in [6, 6.07) is 6.08. The van der Waals surface area contributed by atoms with Crippen LogP contribution in [0.25, 0.3) is 0 Å². The first-order valence-corrected chi connectivity index (χ1v) is 7.30. The zero-order valence-electron chi connectivity index (χ0n) is 9.31. The highest BCUT2D eigenvalue weighted by Crippen LogP contribution is 2.31. The molecule has 2 rings (SSSR count). The van der Waals surface area contributed by atoms with Gasteiger partial charge in [0.15, 0.2) is 4.34 Å². The molecule has 3 nitrogen and oxygen atoms in total. The minimum atomic E-state index is 0.792. The fourth-order valence-corrected chi connectivity index (χ4v) is 3.11. The molecule has 0 saturated heterocycles. The van der Waals surface area contributed by atoms with Gasteiger partial charge in [-0.1, -0.05) is 47.7 Å². The maximum atomic E-state index is 6.22. The van der Waals surface area contributed by atoms with Crippen LogP contribution >= 0.6 is 34.7 Å². The lowest BCUT2D eigenvalue weighted by molar-refractivity contribution is 0.726. The molecule has 0 saturated carbocycles. The zero-order chi connectivity index (χ0) is 12.1. The number of rotatable bonds is 5. The molecule has 90 valence electrons. The van der Waals surface area contributed by atoms with E-state index in [1.54, 1.807) is 17.3 Å². The number of hydrogen-bond donors (Lipinski definition) is 1. The Morgan fingerprint density at radius 1 is 1.47 bits per heavy atom. The molecule has 0 unspecified atom stereocenters. The second kappa shape index (κ2) is 6.35. The molecular weight excluding hydrogens is 274 g/mol. The van der Waals surface area contributed by atoms with Gasteiger partial charge in [-0.15, -0.1) is 10.2 Å². The van der Waals surface area contributed by atoms with Crippen LogP contribution in [0.2, 0.25) is 5.02 Å². The van der Waals surface area contributed by atoms with Crippen LogP contribution < -0.4 is 5.32 Å². The van der Waals surface area contributed by atoms with Gasteiger partial charge in [-0.2, -0.15) is 0 Å². The van der Waals surface area contributed by atoms with Crippen molar-refractivity contribution in [3.8, 4) is 0 Å². The topological polar surface area (TPSA) is 37.8 Å². The molecule has 0 radical (unpaired) electrons. The van der Waals surface area contributed by atoms with Crippen molar-refractivity contribution in [2.24, 2.45) is 0 Å². The quantitative estimate of drug-likeness (QED) is 0.913. The van der Waals surface area contributed by atoms with Crippen LogP contribution in [0.3, 0.4) is 0 Å². The van der Waals surface area contributed by atoms with E-state index in [1.807, 2.05) is 12.1 Å². The van der Waals surface area contributed by atoms with Gasteiger partial charge in [0.2, 0.25) is 0 Å². The minimum Gasteiger partial charge on any atom is -0.313 e. The van der Waals surface area contributed by atoms with E-state index in [2.05, 4.69) is 28.5 Å². The lowest BCUT2D eigenvalue weighted by atomic mass is 10.2. The molecule has 1 heterocycles. The summed E-state index contributed by atoms with van der Waals surface area (Å²) >= 11 is 9.33. The van der Waals surface area contributed by atoms with E-state index in [-0.39, 0.29) is 0 Å². The van der Waals surface area contributed by atoms with E-state index >= 15 is 0 Å². The van der Waals surface area contributed by atoms with Crippen molar-refractivity contribution in [1.29, 1.82) is 0 Å². The minimum absolute atomic E-state index is 0.792. The second-order valence-electron chi connectivity index (χ2n) is 3.34. The largest absolute Gasteiger partial charge is 0.313 e. The van der Waals surface area contributed by atoms with E-state index < -0.39 is 0 Å². The van der Waals surface area contributed by atoms with Gasteiger partial charge in [0.05, 0.1) is 0 Å². The number of halogens is 1. The van der Waals surface area contributed by atoms with Crippen LogP contribution in [0.5, 0.6) is 0 Å². The standard InChI is InChI=1S/C11H12ClN3S2/c1-2-13-6-8-3-4-9(5-10(8)12)17-11-15-14-7-16-11/h3-5,7,13H,2,6H2,1H3. The van der Waals surface area contributed by atoms with E-state index in [4.69, 9.17) is 11.6 Å². The molecule has 1 N–H and O–H groups in total. The Bertz CT molecular complexity index is 474. The number of nitrogens with zero attached hydrogens (tertiary/aromatic N) is 2. The molecule has 1 aromatic heterocycles. The van der Waals surface area contributed by atoms with Gasteiger partial charge in [0.25, 0.3) is 0 Å². The fourth-order valence-electron chi connectivity index (χ4n) is 1.30. The molecule has 6 heteroatoms. The molecule has 1 aromatic carbocycles. The van der Waals surface area contributed by atoms with Crippen LogP contribution in [0.1, 0.15) is 12.5 Å². The SMILES string of the molecule is CCNCc1ccc(Sc2nncs2)cc1Cl. The van der Waals surface area contributed by atoms with Gasteiger partial charge >= 0.3 is 0 Å². The summed E-state index contributed by atoms with van der Waals surface area (Å²) in [6.07, 6.45) is 0. The van der Waals surface area contributed by atoms with Crippen molar-refractivity contribution in [3.63, 3.8) is 0 Å². The summed E-state index contributed by atoms with van der Waals surface area (Å²) in [4.78, 5) is 1.09. The first-order valence-electron chi connectivity index (χ1n) is 5.22. The van der Waals surface area contributed by atoms with Gasteiger partial charge in [-0.3, -0.25) is 0 Å². The monoisotopic (exact) mass is 285 g/mol. The third-order valence-electron chi connectivity index (χ3n) is 2.14. The van der Waals surface area contributed by atoms with Crippen LogP contribution in [0.4, 0.5) is 0 Å². The van der Waals surface area contributed by atoms with Crippen molar-refractivity contribution in [2.45, 2.75) is 22.7 Å². The van der Waals surface area contributed by atoms with E-state index in [1.165, 1.54) is 11.3 Å². The highest BCUT2D eigenvalue weighted by molar-refractivity contribution is 8.01. The third-order valence-corrected chi connectivity index (χ3v) is 4.25. The molecule has 0 aliphatic rings. The van der Waals surface area contributed by atoms with Crippen molar-refractivity contribution in [2.75, 3.05) is 6.54 Å². The van der Waals surface area contributed by atoms with E-state index in [9.17, 15) is 0 Å². The van der Waals surface area contributed by atoms with Crippen molar-refractivity contribution < 1.29 is 0 Å². The highest BCUT2D eigenvalue weighted by atomic mass is 35.5. The molecule has 0 atom stereocenters. The molecule has 0 fully saturated rings. The van der Waals surface area contributed by atoms with Crippen LogP contribution in [0.15, 0.2) is 32.9 Å². The Morgan fingerprint density at radius 3 is 3.00 bits per heavy atom. The number of hydrogen-bond acceptors (Lipinski definition) is 5. The number of nitrogens with one attached hydrogen (secondary N) is 1. The van der Waals surface area contributed by atoms with Crippen LogP contribution in [-0.4, -0.2) is 16.7 Å². The Morgan fingerprint density at radius 2 is 2.35 bits per heavy atom. The molecule has 0 bridgehead atoms. The third kappa shape index (κ3) is 3.67. The molecule has 2 aromatic rings. The van der Waals surface area contributed by atoms with Crippen molar-refractivity contribution >= 4 is 34.7 Å². The summed E-state index contributed by atoms with van der Waals surface area (Å²) < 4.78 is 0.931. The lowest BCUT2D eigenvalue weighted by Crippen LogP contribution is -2.11. The Balaban J connectivity index is 2.08. The van der Waals surface area contributed by atoms with Crippen LogP contribution in [0, 0.1) is 0 Å². The average molecular weight is 286 g/mol. The van der Waals surface area contributed by atoms with Gasteiger partial charge in [-0.05, 0) is 24.2 Å². The summed E-state index contributed by atoms with van der Waals surface area (Å²) in [6.45, 7) is 3.82. The molecule has 0 aliphatic heterocycles. The van der Waals surface area contributed by atoms with Gasteiger partial charge < -0.3 is 5.32 Å². The summed E-state index contributed by atoms with van der Waals surface area (Å²) in [5, 5.41) is 11.8. The normalized spacial score (nSPS) is 10.7. The zero-order valence-corrected chi connectivity index (χ0v) is 11.7. The second-order valence-corrected chi connectivity index (χ2v) is 5.90. The average Bonchev–Trinajstić information content (AvgIpc) is 2.81. The summed E-state index contributed by atoms with van der Waals surface area (Å²) in [5.74, 6) is 0. The molecule has 0 aliphatic carbocycles. The summed E-state index contributed by atoms with van der Waals surface area (Å²) in [5.41, 5.74) is 2.85. The van der Waals surface area contributed by atoms with Gasteiger partial charge in [0.1, 0.15) is 5.51 Å². The smallest absolute Gasteiger partial charge is 0.178 e. The first-order chi connectivity index (χ1) is 8.29. The molecule has 17 heavy (non-hydrogen) atoms. The summed E-state index contributed by atoms with van der Waals surface area (Å²) in [7, 11) is 0. The van der Waals surface area contributed by atoms with Crippen LogP contribution in [-0.2, 0) is 6.54 Å². The Labute approximate surface area is 114 Å². The molecular formula is C11H12ClN3S2. The molecule has 0 spiro atoms. The maximum absolute atomic E-state index is 6.22. The van der Waals surface area contributed by atoms with E-state index in [0.29, 0.717) is 0 Å². The lowest BCUT2D eigenvalue weighted by Gasteiger charge is -2.06. The first kappa shape index (κ1) is 12.8. The van der Waals surface area contributed by atoms with Gasteiger partial charge in [0, 0.05) is 16.5 Å². The van der Waals surface area contributed by atoms with Crippen molar-refractivity contribution in [1.82, 2.24) is 15.5 Å². The number of aromatic nitrogens is 2. The highest BCUT2D eigenvalue weighted by Gasteiger charge is 2.04. The fraction of sp³-hybridized carbons (Fsp3) is 0.273. The maximum Gasteiger partial charge on any atom is 0.178 e. The predicted molar refractivity (Wildman–Crippen MR) is 72.9 cm³/mol. The van der Waals surface area contributed by atoms with E-state index in [0.717, 1.165) is 32.9 Å².